The van der Waals surface area contributed by atoms with E-state index in [0.29, 0.717) is 21.9 Å². The Balaban J connectivity index is 1.57. The Morgan fingerprint density at radius 1 is 1.03 bits per heavy atom. The first-order valence-corrected chi connectivity index (χ1v) is 10.1. The Morgan fingerprint density at radius 3 is 2.60 bits per heavy atom. The minimum atomic E-state index is -0.487. The van der Waals surface area contributed by atoms with Gasteiger partial charge in [0.1, 0.15) is 16.2 Å². The van der Waals surface area contributed by atoms with Crippen LogP contribution in [0, 0.1) is 13.8 Å². The molecule has 3 aromatic rings. The molecule has 1 N–H and O–H groups in total. The zero-order valence-electron chi connectivity index (χ0n) is 16.3. The van der Waals surface area contributed by atoms with Crippen LogP contribution >= 0.6 is 11.3 Å². The minimum Gasteiger partial charge on any atom is -0.422 e. The molecule has 0 unspecified atom stereocenters. The van der Waals surface area contributed by atoms with Gasteiger partial charge in [0.25, 0.3) is 11.8 Å². The Hall–Kier alpha value is -3.71. The number of aryl methyl sites for hydroxylation is 2. The normalized spacial score (nSPS) is 14.9. The molecule has 0 aliphatic carbocycles. The molecule has 2 amide bonds. The fraction of sp³-hybridized carbons (Fsp3) is 0.0870. The van der Waals surface area contributed by atoms with E-state index in [4.69, 9.17) is 4.74 Å². The molecule has 1 fully saturated rings. The summed E-state index contributed by atoms with van der Waals surface area (Å²) < 4.78 is 5.38. The van der Waals surface area contributed by atoms with Crippen LogP contribution in [0.3, 0.4) is 0 Å². The number of hydrazine groups is 1. The van der Waals surface area contributed by atoms with Crippen molar-refractivity contribution in [2.75, 3.05) is 5.01 Å². The number of ether oxygens (including phenoxy) is 1. The number of hydrogen-bond donors (Lipinski definition) is 1. The number of esters is 1. The van der Waals surface area contributed by atoms with Crippen molar-refractivity contribution in [3.05, 3.63) is 87.1 Å². The van der Waals surface area contributed by atoms with Crippen molar-refractivity contribution in [1.29, 1.82) is 0 Å². The van der Waals surface area contributed by atoms with Crippen LogP contribution in [0.15, 0.2) is 65.6 Å². The first kappa shape index (κ1) is 19.6. The number of hydrogen-bond acceptors (Lipinski definition) is 5. The maximum absolute atomic E-state index is 12.8. The Labute approximate surface area is 177 Å². The molecule has 0 atom stereocenters. The molecule has 1 aliphatic rings. The van der Waals surface area contributed by atoms with Crippen LogP contribution in [0.2, 0.25) is 0 Å². The van der Waals surface area contributed by atoms with E-state index in [9.17, 15) is 14.4 Å². The third-order valence-corrected chi connectivity index (χ3v) is 5.59. The van der Waals surface area contributed by atoms with Crippen molar-refractivity contribution in [1.82, 2.24) is 5.43 Å². The summed E-state index contributed by atoms with van der Waals surface area (Å²) in [7, 11) is 0. The van der Waals surface area contributed by atoms with E-state index in [1.54, 1.807) is 47.8 Å². The molecular weight excluding hydrogens is 400 g/mol. The number of thiophene rings is 1. The number of nitrogens with one attached hydrogen (secondary N) is 1. The molecule has 2 heterocycles. The van der Waals surface area contributed by atoms with Crippen LogP contribution in [0.1, 0.15) is 26.4 Å². The Morgan fingerprint density at radius 2 is 1.87 bits per heavy atom. The highest BCUT2D eigenvalue weighted by atomic mass is 32.1. The van der Waals surface area contributed by atoms with Crippen molar-refractivity contribution >= 4 is 40.9 Å². The number of amides is 2. The topological polar surface area (TPSA) is 75.7 Å². The molecule has 0 spiro atoms. The number of carbonyl (C=O) groups is 3. The fourth-order valence-corrected chi connectivity index (χ4v) is 3.59. The summed E-state index contributed by atoms with van der Waals surface area (Å²) in [6.45, 7) is 3.92. The molecule has 0 bridgehead atoms. The van der Waals surface area contributed by atoms with E-state index in [2.05, 4.69) is 5.43 Å². The second-order valence-electron chi connectivity index (χ2n) is 6.85. The number of nitrogens with zero attached hydrogens (tertiary/aromatic N) is 1. The van der Waals surface area contributed by atoms with E-state index in [1.165, 1.54) is 22.4 Å². The molecular formula is C23H18N2O4S. The van der Waals surface area contributed by atoms with Gasteiger partial charge in [-0.05, 0) is 72.3 Å². The summed E-state index contributed by atoms with van der Waals surface area (Å²) in [6, 6.07) is 15.7. The molecule has 0 saturated carbocycles. The van der Waals surface area contributed by atoms with Gasteiger partial charge in [-0.15, -0.1) is 11.3 Å². The molecule has 6 nitrogen and oxygen atoms in total. The second kappa shape index (κ2) is 7.96. The number of carbonyl (C=O) groups excluding carboxylic acids is 3. The Bertz CT molecular complexity index is 1180. The van der Waals surface area contributed by atoms with Gasteiger partial charge in [-0.1, -0.05) is 24.3 Å². The summed E-state index contributed by atoms with van der Waals surface area (Å²) in [6.07, 6.45) is 1.49. The molecule has 1 saturated heterocycles. The lowest BCUT2D eigenvalue weighted by Gasteiger charge is -2.15. The van der Waals surface area contributed by atoms with Gasteiger partial charge in [0.15, 0.2) is 0 Å². The van der Waals surface area contributed by atoms with Crippen LogP contribution in [0.5, 0.6) is 5.75 Å². The van der Waals surface area contributed by atoms with Gasteiger partial charge >= 0.3 is 5.97 Å². The fourth-order valence-electron chi connectivity index (χ4n) is 2.99. The van der Waals surface area contributed by atoms with Gasteiger partial charge in [-0.3, -0.25) is 15.0 Å². The predicted octanol–water partition coefficient (Wildman–Crippen LogP) is 4.05. The van der Waals surface area contributed by atoms with Gasteiger partial charge < -0.3 is 4.74 Å². The highest BCUT2D eigenvalue weighted by Gasteiger charge is 2.34. The van der Waals surface area contributed by atoms with Gasteiger partial charge in [0, 0.05) is 0 Å². The maximum atomic E-state index is 12.8. The van der Waals surface area contributed by atoms with E-state index < -0.39 is 17.8 Å². The van der Waals surface area contributed by atoms with Gasteiger partial charge in [0.2, 0.25) is 0 Å². The van der Waals surface area contributed by atoms with Crippen molar-refractivity contribution in [2.24, 2.45) is 0 Å². The van der Waals surface area contributed by atoms with Crippen molar-refractivity contribution in [2.45, 2.75) is 13.8 Å². The molecule has 30 heavy (non-hydrogen) atoms. The first-order chi connectivity index (χ1) is 14.4. The standard InChI is InChI=1S/C23H18N2O4S/c1-14-8-9-17(11-15(14)2)25-22(27)19(21(26)24-25)13-16-5-3-6-18(12-16)29-23(28)20-7-4-10-30-20/h3-13H,1-2H3,(H,24,26). The van der Waals surface area contributed by atoms with Crippen LogP contribution in [-0.2, 0) is 9.59 Å². The number of anilines is 1. The van der Waals surface area contributed by atoms with Crippen LogP contribution in [0.4, 0.5) is 5.69 Å². The molecule has 2 aromatic carbocycles. The lowest BCUT2D eigenvalue weighted by molar-refractivity contribution is -0.117. The largest absolute Gasteiger partial charge is 0.422 e. The summed E-state index contributed by atoms with van der Waals surface area (Å²) in [5, 5.41) is 3.03. The zero-order valence-corrected chi connectivity index (χ0v) is 17.2. The van der Waals surface area contributed by atoms with Crippen LogP contribution in [0.25, 0.3) is 6.08 Å². The number of rotatable bonds is 4. The van der Waals surface area contributed by atoms with Gasteiger partial charge in [0.05, 0.1) is 5.69 Å². The Kier molecular flexibility index (Phi) is 5.20. The molecule has 1 aromatic heterocycles. The lowest BCUT2D eigenvalue weighted by Crippen LogP contribution is -2.35. The van der Waals surface area contributed by atoms with Crippen LogP contribution in [-0.4, -0.2) is 17.8 Å². The minimum absolute atomic E-state index is 0.00922. The molecule has 150 valence electrons. The summed E-state index contributed by atoms with van der Waals surface area (Å²) in [5.41, 5.74) is 5.89. The number of benzene rings is 2. The highest BCUT2D eigenvalue weighted by Crippen LogP contribution is 2.25. The molecule has 4 rings (SSSR count). The highest BCUT2D eigenvalue weighted by molar-refractivity contribution is 7.12. The SMILES string of the molecule is Cc1ccc(N2NC(=O)C(=Cc3cccc(OC(=O)c4cccs4)c3)C2=O)cc1C. The molecule has 7 heteroatoms. The smallest absolute Gasteiger partial charge is 0.353 e. The van der Waals surface area contributed by atoms with Crippen molar-refractivity contribution in [3.8, 4) is 5.75 Å². The summed E-state index contributed by atoms with van der Waals surface area (Å²) >= 11 is 1.29. The predicted molar refractivity (Wildman–Crippen MR) is 115 cm³/mol. The average molecular weight is 418 g/mol. The second-order valence-corrected chi connectivity index (χ2v) is 7.80. The van der Waals surface area contributed by atoms with Gasteiger partial charge in [-0.2, -0.15) is 0 Å². The molecule has 0 radical (unpaired) electrons. The monoisotopic (exact) mass is 418 g/mol. The summed E-state index contributed by atoms with van der Waals surface area (Å²) in [4.78, 5) is 37.9. The quantitative estimate of drug-likeness (QED) is 0.300. The summed E-state index contributed by atoms with van der Waals surface area (Å²) in [5.74, 6) is -1.05. The average Bonchev–Trinajstić information content (AvgIpc) is 3.35. The van der Waals surface area contributed by atoms with Crippen molar-refractivity contribution in [3.63, 3.8) is 0 Å². The van der Waals surface area contributed by atoms with Crippen molar-refractivity contribution < 1.29 is 19.1 Å². The molecule has 1 aliphatic heterocycles. The third-order valence-electron chi connectivity index (χ3n) is 4.74. The van der Waals surface area contributed by atoms with E-state index >= 15 is 0 Å². The first-order valence-electron chi connectivity index (χ1n) is 9.22. The van der Waals surface area contributed by atoms with Crippen LogP contribution < -0.4 is 15.2 Å². The third kappa shape index (κ3) is 3.88. The maximum Gasteiger partial charge on any atom is 0.353 e. The zero-order chi connectivity index (χ0) is 21.3. The lowest BCUT2D eigenvalue weighted by atomic mass is 10.1. The van der Waals surface area contributed by atoms with Gasteiger partial charge in [-0.25, -0.2) is 9.80 Å². The van der Waals surface area contributed by atoms with E-state index in [1.807, 2.05) is 26.0 Å². The van der Waals surface area contributed by atoms with E-state index in [0.717, 1.165) is 11.1 Å². The van der Waals surface area contributed by atoms with E-state index in [-0.39, 0.29) is 5.57 Å².